The van der Waals surface area contributed by atoms with Gasteiger partial charge in [-0.1, -0.05) is 60.7 Å². The Hall–Kier alpha value is -2.13. The van der Waals surface area contributed by atoms with Gasteiger partial charge in [-0.25, -0.2) is 0 Å². The summed E-state index contributed by atoms with van der Waals surface area (Å²) in [7, 11) is 0. The molecule has 108 valence electrons. The van der Waals surface area contributed by atoms with E-state index < -0.39 is 6.10 Å². The van der Waals surface area contributed by atoms with E-state index in [1.165, 1.54) is 0 Å². The highest BCUT2D eigenvalue weighted by atomic mass is 16.3. The second kappa shape index (κ2) is 6.10. The molecule has 0 radical (unpaired) electrons. The third-order valence-corrected chi connectivity index (χ3v) is 4.08. The second-order valence-electron chi connectivity index (χ2n) is 5.50. The number of aliphatic hydroxyl groups is 1. The van der Waals surface area contributed by atoms with Crippen molar-refractivity contribution in [2.75, 3.05) is 6.54 Å². The first-order valence-electron chi connectivity index (χ1n) is 7.31. The monoisotopic (exact) mass is 281 g/mol. The minimum absolute atomic E-state index is 0.0511. The number of aliphatic hydroxyl groups excluding tert-OH is 1. The van der Waals surface area contributed by atoms with Crippen LogP contribution in [0.2, 0.25) is 0 Å². The molecule has 2 aromatic carbocycles. The maximum Gasteiger partial charge on any atom is 0.229 e. The Bertz CT molecular complexity index is 597. The summed E-state index contributed by atoms with van der Waals surface area (Å²) in [6, 6.07) is 19.4. The van der Waals surface area contributed by atoms with Gasteiger partial charge in [-0.3, -0.25) is 4.79 Å². The van der Waals surface area contributed by atoms with Gasteiger partial charge in [0.25, 0.3) is 0 Å². The van der Waals surface area contributed by atoms with Crippen molar-refractivity contribution in [3.8, 4) is 0 Å². The van der Waals surface area contributed by atoms with Crippen LogP contribution >= 0.6 is 0 Å². The van der Waals surface area contributed by atoms with E-state index in [0.717, 1.165) is 11.1 Å². The third-order valence-electron chi connectivity index (χ3n) is 4.08. The van der Waals surface area contributed by atoms with Gasteiger partial charge in [0.1, 0.15) is 0 Å². The molecule has 3 rings (SSSR count). The van der Waals surface area contributed by atoms with E-state index in [1.54, 1.807) is 0 Å². The van der Waals surface area contributed by atoms with Gasteiger partial charge in [-0.05, 0) is 17.5 Å². The van der Waals surface area contributed by atoms with Gasteiger partial charge in [-0.15, -0.1) is 0 Å². The maximum atomic E-state index is 12.5. The SMILES string of the molecule is O=C1[C@H]([C@H](O)c2ccccc2)CCN1Cc1ccccc1. The second-order valence-corrected chi connectivity index (χ2v) is 5.50. The molecule has 1 saturated heterocycles. The van der Waals surface area contributed by atoms with Crippen LogP contribution in [0.3, 0.4) is 0 Å². The van der Waals surface area contributed by atoms with E-state index in [9.17, 15) is 9.90 Å². The van der Waals surface area contributed by atoms with E-state index in [-0.39, 0.29) is 11.8 Å². The van der Waals surface area contributed by atoms with Crippen molar-refractivity contribution in [3.05, 3.63) is 71.8 Å². The highest BCUT2D eigenvalue weighted by Crippen LogP contribution is 2.31. The van der Waals surface area contributed by atoms with Gasteiger partial charge in [0.05, 0.1) is 12.0 Å². The number of benzene rings is 2. The first-order chi connectivity index (χ1) is 10.3. The number of hydrogen-bond donors (Lipinski definition) is 1. The molecule has 1 N–H and O–H groups in total. The van der Waals surface area contributed by atoms with Crippen LogP contribution in [-0.4, -0.2) is 22.5 Å². The first-order valence-corrected chi connectivity index (χ1v) is 7.31. The van der Waals surface area contributed by atoms with Crippen LogP contribution in [0, 0.1) is 5.92 Å². The molecule has 1 aliphatic rings. The zero-order valence-corrected chi connectivity index (χ0v) is 11.9. The normalized spacial score (nSPS) is 19.8. The predicted octanol–water partition coefficient (Wildman–Crippen LogP) is 2.77. The molecule has 1 amide bonds. The molecule has 0 aromatic heterocycles. The van der Waals surface area contributed by atoms with Crippen LogP contribution in [0.15, 0.2) is 60.7 Å². The molecule has 1 heterocycles. The summed E-state index contributed by atoms with van der Waals surface area (Å²) >= 11 is 0. The van der Waals surface area contributed by atoms with Crippen molar-refractivity contribution in [1.82, 2.24) is 4.90 Å². The van der Waals surface area contributed by atoms with Gasteiger partial charge < -0.3 is 10.0 Å². The Morgan fingerprint density at radius 2 is 1.67 bits per heavy atom. The summed E-state index contributed by atoms with van der Waals surface area (Å²) in [5.74, 6) is -0.272. The molecule has 1 fully saturated rings. The minimum Gasteiger partial charge on any atom is -0.388 e. The van der Waals surface area contributed by atoms with Crippen LogP contribution in [0.25, 0.3) is 0 Å². The molecule has 2 atom stereocenters. The van der Waals surface area contributed by atoms with Gasteiger partial charge in [-0.2, -0.15) is 0 Å². The topological polar surface area (TPSA) is 40.5 Å². The average molecular weight is 281 g/mol. The molecule has 0 aliphatic carbocycles. The summed E-state index contributed by atoms with van der Waals surface area (Å²) in [5.41, 5.74) is 1.94. The van der Waals surface area contributed by atoms with Crippen molar-refractivity contribution < 1.29 is 9.90 Å². The lowest BCUT2D eigenvalue weighted by Crippen LogP contribution is -2.29. The number of nitrogens with zero attached hydrogens (tertiary/aromatic N) is 1. The summed E-state index contributed by atoms with van der Waals surface area (Å²) in [6.07, 6.45) is 0.00123. The van der Waals surface area contributed by atoms with Gasteiger partial charge >= 0.3 is 0 Å². The van der Waals surface area contributed by atoms with Crippen LogP contribution in [0.5, 0.6) is 0 Å². The molecule has 3 nitrogen and oxygen atoms in total. The van der Waals surface area contributed by atoms with Crippen molar-refractivity contribution in [2.45, 2.75) is 19.1 Å². The van der Waals surface area contributed by atoms with Gasteiger partial charge in [0.15, 0.2) is 0 Å². The lowest BCUT2D eigenvalue weighted by molar-refractivity contribution is -0.134. The Morgan fingerprint density at radius 1 is 1.05 bits per heavy atom. The first kappa shape index (κ1) is 13.8. The Balaban J connectivity index is 1.69. The summed E-state index contributed by atoms with van der Waals surface area (Å²) in [5, 5.41) is 10.4. The van der Waals surface area contributed by atoms with Crippen LogP contribution < -0.4 is 0 Å². The molecular formula is C18H19NO2. The van der Waals surface area contributed by atoms with Crippen LogP contribution in [0.4, 0.5) is 0 Å². The minimum atomic E-state index is -0.709. The number of amides is 1. The quantitative estimate of drug-likeness (QED) is 0.936. The number of hydrogen-bond acceptors (Lipinski definition) is 2. The average Bonchev–Trinajstić information content (AvgIpc) is 2.89. The third kappa shape index (κ3) is 2.98. The molecule has 0 unspecified atom stereocenters. The Labute approximate surface area is 124 Å². The summed E-state index contributed by atoms with van der Waals surface area (Å²) < 4.78 is 0. The molecule has 3 heteroatoms. The van der Waals surface area contributed by atoms with Crippen molar-refractivity contribution in [1.29, 1.82) is 0 Å². The fraction of sp³-hybridized carbons (Fsp3) is 0.278. The lowest BCUT2D eigenvalue weighted by atomic mass is 9.94. The van der Waals surface area contributed by atoms with E-state index in [0.29, 0.717) is 19.5 Å². The highest BCUT2D eigenvalue weighted by molar-refractivity contribution is 5.81. The molecule has 2 aromatic rings. The molecule has 1 aliphatic heterocycles. The van der Waals surface area contributed by atoms with Gasteiger partial charge in [0.2, 0.25) is 5.91 Å². The number of carbonyl (C=O) groups is 1. The summed E-state index contributed by atoms with van der Waals surface area (Å²) in [6.45, 7) is 1.33. The standard InChI is InChI=1S/C18H19NO2/c20-17(15-9-5-2-6-10-15)16-11-12-19(18(16)21)13-14-7-3-1-4-8-14/h1-10,16-17,20H,11-13H2/t16-,17+/m0/s1. The van der Waals surface area contributed by atoms with Crippen molar-refractivity contribution in [3.63, 3.8) is 0 Å². The highest BCUT2D eigenvalue weighted by Gasteiger charge is 2.36. The number of likely N-dealkylation sites (tertiary alicyclic amines) is 1. The molecular weight excluding hydrogens is 262 g/mol. The number of rotatable bonds is 4. The van der Waals surface area contributed by atoms with Crippen LogP contribution in [0.1, 0.15) is 23.7 Å². The van der Waals surface area contributed by atoms with E-state index in [4.69, 9.17) is 0 Å². The van der Waals surface area contributed by atoms with Gasteiger partial charge in [0, 0.05) is 13.1 Å². The number of carbonyl (C=O) groups excluding carboxylic acids is 1. The zero-order valence-electron chi connectivity index (χ0n) is 11.9. The molecule has 0 saturated carbocycles. The fourth-order valence-corrected chi connectivity index (χ4v) is 2.90. The maximum absolute atomic E-state index is 12.5. The predicted molar refractivity (Wildman–Crippen MR) is 81.4 cm³/mol. The largest absolute Gasteiger partial charge is 0.388 e. The van der Waals surface area contributed by atoms with Crippen LogP contribution in [-0.2, 0) is 11.3 Å². The van der Waals surface area contributed by atoms with E-state index >= 15 is 0 Å². The zero-order chi connectivity index (χ0) is 14.7. The van der Waals surface area contributed by atoms with Crippen molar-refractivity contribution >= 4 is 5.91 Å². The lowest BCUT2D eigenvalue weighted by Gasteiger charge is -2.19. The summed E-state index contributed by atoms with van der Waals surface area (Å²) in [4.78, 5) is 14.3. The van der Waals surface area contributed by atoms with Crippen molar-refractivity contribution in [2.24, 2.45) is 5.92 Å². The van der Waals surface area contributed by atoms with E-state index in [1.807, 2.05) is 65.6 Å². The smallest absolute Gasteiger partial charge is 0.229 e. The fourth-order valence-electron chi connectivity index (χ4n) is 2.90. The van der Waals surface area contributed by atoms with E-state index in [2.05, 4.69) is 0 Å². The molecule has 21 heavy (non-hydrogen) atoms. The molecule has 0 spiro atoms. The Morgan fingerprint density at radius 3 is 2.33 bits per heavy atom. The Kier molecular flexibility index (Phi) is 4.02. The molecule has 0 bridgehead atoms.